The predicted molar refractivity (Wildman–Crippen MR) is 115 cm³/mol. The number of aromatic nitrogens is 3. The van der Waals surface area contributed by atoms with E-state index in [1.165, 1.54) is 6.07 Å². The molecule has 1 aromatic carbocycles. The van der Waals surface area contributed by atoms with Crippen LogP contribution in [0, 0.1) is 12.8 Å². The summed E-state index contributed by atoms with van der Waals surface area (Å²) in [5, 5.41) is 6.19. The molecule has 150 valence electrons. The van der Waals surface area contributed by atoms with Crippen molar-refractivity contribution in [3.63, 3.8) is 0 Å². The molecule has 29 heavy (non-hydrogen) atoms. The summed E-state index contributed by atoms with van der Waals surface area (Å²) in [5.74, 6) is 1.55. The van der Waals surface area contributed by atoms with Crippen LogP contribution in [0.25, 0.3) is 11.4 Å². The fraction of sp³-hybridized carbons (Fsp3) is 0.273. The molecule has 2 heterocycles. The molecule has 3 N–H and O–H groups in total. The SMILES string of the molecule is Cc1cc(=O)[nH]c(-c2ccc(NCc3cccc(NC(=O)CC(C)C)c3)nc2)n1. The number of pyridine rings is 1. The second-order valence-electron chi connectivity index (χ2n) is 7.37. The summed E-state index contributed by atoms with van der Waals surface area (Å²) in [6.07, 6.45) is 2.17. The van der Waals surface area contributed by atoms with Crippen LogP contribution in [0.3, 0.4) is 0 Å². The van der Waals surface area contributed by atoms with Crippen molar-refractivity contribution in [3.05, 3.63) is 70.3 Å². The number of amides is 1. The van der Waals surface area contributed by atoms with Gasteiger partial charge >= 0.3 is 0 Å². The van der Waals surface area contributed by atoms with E-state index >= 15 is 0 Å². The largest absolute Gasteiger partial charge is 0.366 e. The standard InChI is InChI=1S/C22H25N5O2/c1-14(2)9-20(28)26-18-6-4-5-16(11-18)12-23-19-8-7-17(13-24-19)22-25-15(3)10-21(29)27-22/h4-8,10-11,13-14H,9,12H2,1-3H3,(H,23,24)(H,26,28)(H,25,27,29). The van der Waals surface area contributed by atoms with Gasteiger partial charge in [-0.2, -0.15) is 0 Å². The molecule has 0 saturated heterocycles. The lowest BCUT2D eigenvalue weighted by molar-refractivity contribution is -0.116. The number of rotatable bonds is 7. The van der Waals surface area contributed by atoms with Crippen molar-refractivity contribution in [2.45, 2.75) is 33.7 Å². The third-order valence-corrected chi connectivity index (χ3v) is 4.18. The van der Waals surface area contributed by atoms with E-state index in [1.54, 1.807) is 13.1 Å². The van der Waals surface area contributed by atoms with Crippen LogP contribution in [0.15, 0.2) is 53.5 Å². The fourth-order valence-electron chi connectivity index (χ4n) is 2.89. The molecule has 0 saturated carbocycles. The molecule has 0 aliphatic carbocycles. The lowest BCUT2D eigenvalue weighted by atomic mass is 10.1. The smallest absolute Gasteiger partial charge is 0.251 e. The van der Waals surface area contributed by atoms with Gasteiger partial charge in [-0.05, 0) is 42.7 Å². The molecular formula is C22H25N5O2. The zero-order chi connectivity index (χ0) is 20.8. The molecule has 0 fully saturated rings. The van der Waals surface area contributed by atoms with Crippen LogP contribution in [0.5, 0.6) is 0 Å². The minimum absolute atomic E-state index is 0.0187. The summed E-state index contributed by atoms with van der Waals surface area (Å²) in [6.45, 7) is 6.39. The summed E-state index contributed by atoms with van der Waals surface area (Å²) in [6, 6.07) is 12.9. The topological polar surface area (TPSA) is 99.8 Å². The van der Waals surface area contributed by atoms with Crippen molar-refractivity contribution in [2.24, 2.45) is 5.92 Å². The molecular weight excluding hydrogens is 366 g/mol. The van der Waals surface area contributed by atoms with Gasteiger partial charge in [-0.15, -0.1) is 0 Å². The fourth-order valence-corrected chi connectivity index (χ4v) is 2.89. The van der Waals surface area contributed by atoms with Gasteiger partial charge < -0.3 is 15.6 Å². The molecule has 7 nitrogen and oxygen atoms in total. The van der Waals surface area contributed by atoms with Gasteiger partial charge in [-0.1, -0.05) is 26.0 Å². The molecule has 0 aliphatic heterocycles. The van der Waals surface area contributed by atoms with Gasteiger partial charge in [0.2, 0.25) is 5.91 Å². The van der Waals surface area contributed by atoms with Gasteiger partial charge in [0.15, 0.2) is 0 Å². The van der Waals surface area contributed by atoms with Crippen molar-refractivity contribution >= 4 is 17.4 Å². The first-order valence-electron chi connectivity index (χ1n) is 9.56. The highest BCUT2D eigenvalue weighted by Crippen LogP contribution is 2.16. The third-order valence-electron chi connectivity index (χ3n) is 4.18. The van der Waals surface area contributed by atoms with E-state index in [-0.39, 0.29) is 11.5 Å². The molecule has 3 aromatic rings. The van der Waals surface area contributed by atoms with E-state index in [0.717, 1.165) is 16.8 Å². The van der Waals surface area contributed by atoms with Gasteiger partial charge in [0.05, 0.1) is 0 Å². The average molecular weight is 391 g/mol. The summed E-state index contributed by atoms with van der Waals surface area (Å²) in [7, 11) is 0. The number of nitrogens with one attached hydrogen (secondary N) is 3. The Kier molecular flexibility index (Phi) is 6.39. The lowest BCUT2D eigenvalue weighted by Gasteiger charge is -2.10. The zero-order valence-electron chi connectivity index (χ0n) is 16.8. The Morgan fingerprint density at radius 3 is 2.69 bits per heavy atom. The van der Waals surface area contributed by atoms with Crippen molar-refractivity contribution in [1.82, 2.24) is 15.0 Å². The molecule has 0 radical (unpaired) electrons. The van der Waals surface area contributed by atoms with Crippen molar-refractivity contribution in [3.8, 4) is 11.4 Å². The maximum absolute atomic E-state index is 11.9. The van der Waals surface area contributed by atoms with Crippen LogP contribution >= 0.6 is 0 Å². The van der Waals surface area contributed by atoms with Gasteiger partial charge in [0.25, 0.3) is 5.56 Å². The molecule has 2 aromatic heterocycles. The molecule has 0 bridgehead atoms. The average Bonchev–Trinajstić information content (AvgIpc) is 2.65. The Hall–Kier alpha value is -3.48. The van der Waals surface area contributed by atoms with Crippen molar-refractivity contribution < 1.29 is 4.79 Å². The zero-order valence-corrected chi connectivity index (χ0v) is 16.8. The van der Waals surface area contributed by atoms with E-state index in [9.17, 15) is 9.59 Å². The molecule has 0 aliphatic rings. The lowest BCUT2D eigenvalue weighted by Crippen LogP contribution is -2.14. The maximum Gasteiger partial charge on any atom is 0.251 e. The van der Waals surface area contributed by atoms with Crippen molar-refractivity contribution in [1.29, 1.82) is 0 Å². The first kappa shape index (κ1) is 20.3. The number of hydrogen-bond acceptors (Lipinski definition) is 5. The predicted octanol–water partition coefficient (Wildman–Crippen LogP) is 3.74. The van der Waals surface area contributed by atoms with E-state index in [4.69, 9.17) is 0 Å². The van der Waals surface area contributed by atoms with Crippen LogP contribution < -0.4 is 16.2 Å². The number of benzene rings is 1. The number of H-pyrrole nitrogens is 1. The van der Waals surface area contributed by atoms with Gasteiger partial charge in [-0.3, -0.25) is 9.59 Å². The first-order chi connectivity index (χ1) is 13.9. The Labute approximate surface area is 169 Å². The van der Waals surface area contributed by atoms with E-state index in [0.29, 0.717) is 36.2 Å². The van der Waals surface area contributed by atoms with Gasteiger partial charge in [-0.25, -0.2) is 9.97 Å². The Morgan fingerprint density at radius 1 is 1.17 bits per heavy atom. The number of hydrogen-bond donors (Lipinski definition) is 3. The summed E-state index contributed by atoms with van der Waals surface area (Å²) in [4.78, 5) is 35.0. The Morgan fingerprint density at radius 2 is 2.00 bits per heavy atom. The van der Waals surface area contributed by atoms with Crippen LogP contribution in [0.2, 0.25) is 0 Å². The van der Waals surface area contributed by atoms with Crippen LogP contribution in [0.1, 0.15) is 31.5 Å². The van der Waals surface area contributed by atoms with E-state index in [1.807, 2.05) is 50.2 Å². The highest BCUT2D eigenvalue weighted by atomic mass is 16.1. The van der Waals surface area contributed by atoms with Crippen LogP contribution in [-0.4, -0.2) is 20.9 Å². The molecule has 0 spiro atoms. The molecule has 0 unspecified atom stereocenters. The van der Waals surface area contributed by atoms with Crippen LogP contribution in [0.4, 0.5) is 11.5 Å². The Bertz CT molecular complexity index is 1040. The number of aromatic amines is 1. The van der Waals surface area contributed by atoms with E-state index in [2.05, 4.69) is 25.6 Å². The van der Waals surface area contributed by atoms with E-state index < -0.39 is 0 Å². The number of aryl methyl sites for hydroxylation is 1. The Balaban J connectivity index is 1.62. The molecule has 3 rings (SSSR count). The quantitative estimate of drug-likeness (QED) is 0.570. The van der Waals surface area contributed by atoms with Crippen molar-refractivity contribution in [2.75, 3.05) is 10.6 Å². The number of anilines is 2. The third kappa shape index (κ3) is 6.00. The highest BCUT2D eigenvalue weighted by Gasteiger charge is 2.06. The monoisotopic (exact) mass is 391 g/mol. The number of carbonyl (C=O) groups excluding carboxylic acids is 1. The summed E-state index contributed by atoms with van der Waals surface area (Å²) >= 11 is 0. The second kappa shape index (κ2) is 9.14. The molecule has 7 heteroatoms. The molecule has 1 amide bonds. The normalized spacial score (nSPS) is 10.8. The summed E-state index contributed by atoms with van der Waals surface area (Å²) < 4.78 is 0. The van der Waals surface area contributed by atoms with Gasteiger partial charge in [0.1, 0.15) is 11.6 Å². The van der Waals surface area contributed by atoms with Crippen LogP contribution in [-0.2, 0) is 11.3 Å². The number of carbonyl (C=O) groups is 1. The summed E-state index contributed by atoms with van der Waals surface area (Å²) in [5.41, 5.74) is 3.03. The molecule has 0 atom stereocenters. The minimum atomic E-state index is -0.185. The first-order valence-corrected chi connectivity index (χ1v) is 9.56. The minimum Gasteiger partial charge on any atom is -0.366 e. The number of nitrogens with zero attached hydrogens (tertiary/aromatic N) is 2. The van der Waals surface area contributed by atoms with Gasteiger partial charge in [0, 0.05) is 42.2 Å². The second-order valence-corrected chi connectivity index (χ2v) is 7.37. The maximum atomic E-state index is 11.9. The highest BCUT2D eigenvalue weighted by molar-refractivity contribution is 5.90.